The van der Waals surface area contributed by atoms with Gasteiger partial charge in [0, 0.05) is 26.7 Å². The zero-order valence-electron chi connectivity index (χ0n) is 24.7. The number of methoxy groups -OCH3 is 4. The molecule has 8 N–H and O–H groups in total. The minimum absolute atomic E-state index is 0.560. The van der Waals surface area contributed by atoms with E-state index in [4.69, 9.17) is 43.3 Å². The molecule has 4 aromatic carbocycles. The number of nitrogen functional groups attached to an aromatic ring is 4. The number of benzene rings is 4. The maximum atomic E-state index is 9.96. The van der Waals surface area contributed by atoms with E-state index >= 15 is 0 Å². The molecule has 0 aliphatic carbocycles. The standard InChI is InChI=1S/C14H15BrN2O2.C14H16N2O2.CH3F.BHNS/c1-18-13-8(4-3-5-10(13)16)12-9(15)6-7-11(17)14(12)19-2;1-17-13-9(5-3-7-11(13)15)10-6-4-8-12(16)14(10)18-2;1-2;1-2-3/h3-7H,16-17H2,1-2H3;3-8H,15-16H2,1-2H3;1H3;3H/i;;1D;. The first-order valence-electron chi connectivity index (χ1n) is 12.6. The first-order chi connectivity index (χ1) is 20.6. The Balaban J connectivity index is 0.000000364. The van der Waals surface area contributed by atoms with E-state index < -0.39 is 7.15 Å². The molecule has 0 unspecified atom stereocenters. The third kappa shape index (κ3) is 8.70. The van der Waals surface area contributed by atoms with Crippen LogP contribution in [0, 0.1) is 0 Å². The number of rotatable bonds is 6. The molecule has 0 saturated heterocycles. The number of anilines is 4. The fourth-order valence-corrected chi connectivity index (χ4v) is 4.54. The van der Waals surface area contributed by atoms with Crippen LogP contribution in [0.1, 0.15) is 1.37 Å². The average molecular weight is 660 g/mol. The van der Waals surface area contributed by atoms with E-state index in [0.717, 1.165) is 26.7 Å². The van der Waals surface area contributed by atoms with Crippen molar-refractivity contribution < 1.29 is 24.7 Å². The number of nitrogens with zero attached hydrogens (tertiary/aromatic N) is 1. The second-order valence-corrected chi connectivity index (χ2v) is 9.03. The first kappa shape index (κ1) is 34.1. The van der Waals surface area contributed by atoms with Crippen molar-refractivity contribution in [3.8, 4) is 45.3 Å². The van der Waals surface area contributed by atoms with Crippen molar-refractivity contribution in [2.24, 2.45) is 4.30 Å². The molecule has 42 heavy (non-hydrogen) atoms. The van der Waals surface area contributed by atoms with Gasteiger partial charge in [-0.05, 0) is 30.3 Å². The summed E-state index contributed by atoms with van der Waals surface area (Å²) >= 11 is 6.71. The van der Waals surface area contributed by atoms with Crippen LogP contribution >= 0.6 is 28.7 Å². The summed E-state index contributed by atoms with van der Waals surface area (Å²) in [4.78, 5) is 0. The molecule has 0 saturated carbocycles. The molecule has 9 nitrogen and oxygen atoms in total. The van der Waals surface area contributed by atoms with Gasteiger partial charge in [0.05, 0.1) is 59.7 Å². The topological polar surface area (TPSA) is 153 Å². The van der Waals surface area contributed by atoms with Gasteiger partial charge in [-0.15, -0.1) is 0 Å². The number of para-hydroxylation sites is 3. The number of ether oxygens (including phenoxy) is 4. The molecule has 13 heteroatoms. The second-order valence-electron chi connectivity index (χ2n) is 7.94. The van der Waals surface area contributed by atoms with Crippen LogP contribution in [0.15, 0.2) is 75.5 Å². The molecular weight excluding hydrogens is 624 g/mol. The average Bonchev–Trinajstić information content (AvgIpc) is 2.99. The van der Waals surface area contributed by atoms with E-state index in [0.29, 0.717) is 45.7 Å². The third-order valence-electron chi connectivity index (χ3n) is 5.65. The van der Waals surface area contributed by atoms with Crippen molar-refractivity contribution in [3.05, 3.63) is 71.2 Å². The van der Waals surface area contributed by atoms with Crippen molar-refractivity contribution in [1.29, 1.82) is 0 Å². The summed E-state index contributed by atoms with van der Waals surface area (Å²) in [5, 5.41) is 0. The summed E-state index contributed by atoms with van der Waals surface area (Å²) in [7, 11) is 9.69. The van der Waals surface area contributed by atoms with E-state index in [9.17, 15) is 4.39 Å². The number of halogens is 2. The Bertz CT molecular complexity index is 1440. The van der Waals surface area contributed by atoms with Crippen LogP contribution in [-0.2, 0) is 0 Å². The van der Waals surface area contributed by atoms with Crippen molar-refractivity contribution in [2.75, 3.05) is 58.5 Å². The van der Waals surface area contributed by atoms with Crippen molar-refractivity contribution in [2.45, 2.75) is 0 Å². The van der Waals surface area contributed by atoms with Crippen LogP contribution in [0.25, 0.3) is 22.3 Å². The number of hydrogen-bond acceptors (Lipinski definition) is 10. The number of thiol groups is 1. The predicted molar refractivity (Wildman–Crippen MR) is 180 cm³/mol. The molecule has 0 heterocycles. The molecule has 0 spiro atoms. The van der Waals surface area contributed by atoms with Gasteiger partial charge in [0.2, 0.25) is 0 Å². The van der Waals surface area contributed by atoms with E-state index in [1.165, 1.54) is 0 Å². The van der Waals surface area contributed by atoms with Crippen molar-refractivity contribution in [3.63, 3.8) is 0 Å². The third-order valence-corrected chi connectivity index (χ3v) is 6.31. The van der Waals surface area contributed by atoms with Gasteiger partial charge in [-0.1, -0.05) is 52.3 Å². The molecule has 1 radical (unpaired) electrons. The summed E-state index contributed by atoms with van der Waals surface area (Å²) in [6.07, 6.45) is 0. The molecule has 0 aliphatic heterocycles. The molecule has 0 aromatic heterocycles. The van der Waals surface area contributed by atoms with Gasteiger partial charge in [-0.2, -0.15) is 0 Å². The Hall–Kier alpha value is -4.10. The van der Waals surface area contributed by atoms with Gasteiger partial charge >= 0.3 is 24.8 Å². The van der Waals surface area contributed by atoms with Gasteiger partial charge in [0.1, 0.15) is 17.2 Å². The fourth-order valence-electron chi connectivity index (χ4n) is 4.01. The molecule has 0 atom stereocenters. The Labute approximate surface area is 262 Å². The molecule has 0 aliphatic rings. The zero-order chi connectivity index (χ0) is 32.5. The van der Waals surface area contributed by atoms with Crippen LogP contribution in [0.2, 0.25) is 0 Å². The molecule has 4 aromatic rings. The summed E-state index contributed by atoms with van der Waals surface area (Å²) in [5.41, 5.74) is 29.4. The summed E-state index contributed by atoms with van der Waals surface area (Å²) in [6, 6.07) is 20.4. The molecule has 223 valence electrons. The maximum absolute atomic E-state index is 9.96. The van der Waals surface area contributed by atoms with E-state index in [-0.39, 0.29) is 0 Å². The van der Waals surface area contributed by atoms with Gasteiger partial charge in [0.25, 0.3) is 0 Å². The molecule has 0 amide bonds. The minimum atomic E-state index is -1.00. The monoisotopic (exact) mass is 659 g/mol. The summed E-state index contributed by atoms with van der Waals surface area (Å²) in [6.45, 7) is 0. The van der Waals surface area contributed by atoms with Crippen LogP contribution in [0.5, 0.6) is 23.0 Å². The Morgan fingerprint density at radius 3 is 1.33 bits per heavy atom. The second kappa shape index (κ2) is 18.4. The van der Waals surface area contributed by atoms with Gasteiger partial charge in [-0.3, -0.25) is 4.39 Å². The Morgan fingerprint density at radius 2 is 0.976 bits per heavy atom. The molecular formula is C29H35BBrFN5O4S. The van der Waals surface area contributed by atoms with Gasteiger partial charge < -0.3 is 41.9 Å². The predicted octanol–water partition coefficient (Wildman–Crippen LogP) is 6.60. The van der Waals surface area contributed by atoms with E-state index in [2.05, 4.69) is 40.7 Å². The zero-order valence-corrected chi connectivity index (χ0v) is 26.2. The quantitative estimate of drug-likeness (QED) is 0.0881. The first-order valence-corrected chi connectivity index (χ1v) is 13.1. The Kier molecular flexibility index (Phi) is 14.9. The van der Waals surface area contributed by atoms with Crippen molar-refractivity contribution in [1.82, 2.24) is 0 Å². The van der Waals surface area contributed by atoms with Gasteiger partial charge in [0.15, 0.2) is 5.75 Å². The summed E-state index contributed by atoms with van der Waals surface area (Å²) < 4.78 is 40.5. The molecule has 0 bridgehead atoms. The van der Waals surface area contributed by atoms with Crippen LogP contribution in [0.4, 0.5) is 27.1 Å². The number of nitrogens with two attached hydrogens (primary N) is 4. The normalized spacial score (nSPS) is 9.71. The molecule has 4 rings (SSSR count). The number of alkyl halides is 1. The Morgan fingerprint density at radius 1 is 0.667 bits per heavy atom. The number of hydrogen-bond donors (Lipinski definition) is 5. The van der Waals surface area contributed by atoms with Gasteiger partial charge in [-0.25, -0.2) is 0 Å². The van der Waals surface area contributed by atoms with E-state index in [1.807, 2.05) is 42.5 Å². The summed E-state index contributed by atoms with van der Waals surface area (Å²) in [5.74, 6) is 2.45. The van der Waals surface area contributed by atoms with Crippen LogP contribution in [-0.4, -0.2) is 43.2 Å². The SMILES string of the molecule is COc1c(N)cccc1-c1c(Br)ccc(N)c1OC.COc1c(N)cccc1-c1cccc(N)c1OC.[2H]CF.[B]=NS. The van der Waals surface area contributed by atoms with Crippen LogP contribution in [0.3, 0.4) is 0 Å². The fraction of sp³-hybridized carbons (Fsp3) is 0.172. The van der Waals surface area contributed by atoms with Crippen LogP contribution < -0.4 is 41.9 Å². The van der Waals surface area contributed by atoms with Crippen molar-refractivity contribution >= 4 is 59.1 Å². The van der Waals surface area contributed by atoms with E-state index in [1.54, 1.807) is 52.7 Å². The molecule has 0 fully saturated rings.